The molecular formula is C23H38O6. The minimum Gasteiger partial charge on any atom is -0.481 e. The summed E-state index contributed by atoms with van der Waals surface area (Å²) in [5.74, 6) is 0.172. The van der Waals surface area contributed by atoms with Crippen molar-refractivity contribution in [3.8, 4) is 0 Å². The molecule has 4 N–H and O–H groups in total. The Bertz CT molecular complexity index is 586. The molecule has 2 aliphatic rings. The van der Waals surface area contributed by atoms with Crippen molar-refractivity contribution in [3.05, 3.63) is 23.8 Å². The van der Waals surface area contributed by atoms with Gasteiger partial charge < -0.3 is 25.2 Å². The zero-order chi connectivity index (χ0) is 21.6. The Balaban J connectivity index is 2.03. The zero-order valence-corrected chi connectivity index (χ0v) is 17.9. The molecule has 6 nitrogen and oxygen atoms in total. The summed E-state index contributed by atoms with van der Waals surface area (Å²) in [5.41, 5.74) is 1.11. The van der Waals surface area contributed by atoms with Crippen molar-refractivity contribution in [2.24, 2.45) is 23.7 Å². The van der Waals surface area contributed by atoms with Crippen LogP contribution < -0.4 is 0 Å². The van der Waals surface area contributed by atoms with Gasteiger partial charge in [-0.3, -0.25) is 4.79 Å². The van der Waals surface area contributed by atoms with Gasteiger partial charge in [0.25, 0.3) is 0 Å². The number of ether oxygens (including phenoxy) is 1. The average Bonchev–Trinajstić information content (AvgIpc) is 2.64. The van der Waals surface area contributed by atoms with Crippen LogP contribution in [0, 0.1) is 23.7 Å². The lowest BCUT2D eigenvalue weighted by Crippen LogP contribution is -2.42. The molecule has 0 heterocycles. The highest BCUT2D eigenvalue weighted by atomic mass is 16.5. The molecule has 0 spiro atoms. The topological polar surface area (TPSA) is 107 Å². The van der Waals surface area contributed by atoms with E-state index in [-0.39, 0.29) is 30.8 Å². The summed E-state index contributed by atoms with van der Waals surface area (Å²) in [6, 6.07) is 0. The van der Waals surface area contributed by atoms with Gasteiger partial charge in [0.1, 0.15) is 0 Å². The lowest BCUT2D eigenvalue weighted by Gasteiger charge is -2.43. The van der Waals surface area contributed by atoms with E-state index in [1.54, 1.807) is 0 Å². The summed E-state index contributed by atoms with van der Waals surface area (Å²) in [7, 11) is 0. The number of fused-ring (bicyclic) bond motifs is 1. The first-order valence-corrected chi connectivity index (χ1v) is 11.0. The Morgan fingerprint density at radius 3 is 2.69 bits per heavy atom. The fourth-order valence-corrected chi connectivity index (χ4v) is 4.54. The highest BCUT2D eigenvalue weighted by Crippen LogP contribution is 2.44. The molecule has 2 rings (SSSR count). The fourth-order valence-electron chi connectivity index (χ4n) is 4.54. The number of rotatable bonds is 11. The van der Waals surface area contributed by atoms with E-state index in [4.69, 9.17) is 9.84 Å². The molecule has 0 radical (unpaired) electrons. The quantitative estimate of drug-likeness (QED) is 0.417. The maximum Gasteiger partial charge on any atom is 0.305 e. The molecule has 0 unspecified atom stereocenters. The van der Waals surface area contributed by atoms with Crippen LogP contribution in [0.25, 0.3) is 0 Å². The monoisotopic (exact) mass is 410 g/mol. The highest BCUT2D eigenvalue weighted by Gasteiger charge is 2.40. The fraction of sp³-hybridized carbons (Fsp3) is 0.783. The van der Waals surface area contributed by atoms with Gasteiger partial charge in [0.05, 0.1) is 30.8 Å². The molecule has 0 amide bonds. The third kappa shape index (κ3) is 7.21. The van der Waals surface area contributed by atoms with E-state index in [1.807, 2.05) is 6.08 Å². The standard InChI is InChI=1S/C23H38O6/c1-4-14(2)13-29-21-11-18(25)9-16-6-5-15(3)20(23(16)21)8-7-17(24)10-19(26)12-22(27)28/h5-6,9,14-15,17-21,23-26H,4,7-8,10-13H2,1-3H3,(H,27,28)/t14-,15-,17+,18+,19+,20-,21-,23-/m0/s1. The summed E-state index contributed by atoms with van der Waals surface area (Å²) in [5, 5.41) is 39.1. The number of allylic oxidation sites excluding steroid dienone is 2. The van der Waals surface area contributed by atoms with Crippen molar-refractivity contribution in [2.45, 2.75) is 83.7 Å². The molecule has 0 saturated carbocycles. The van der Waals surface area contributed by atoms with Crippen LogP contribution in [0.3, 0.4) is 0 Å². The average molecular weight is 411 g/mol. The molecule has 0 bridgehead atoms. The number of hydrogen-bond acceptors (Lipinski definition) is 5. The number of aliphatic hydroxyl groups is 3. The Hall–Kier alpha value is -1.21. The first kappa shape index (κ1) is 24.1. The van der Waals surface area contributed by atoms with Crippen LogP contribution >= 0.6 is 0 Å². The summed E-state index contributed by atoms with van der Waals surface area (Å²) in [6.45, 7) is 7.14. The number of aliphatic hydroxyl groups excluding tert-OH is 3. The number of carboxylic acid groups (broad SMARTS) is 1. The van der Waals surface area contributed by atoms with Crippen molar-refractivity contribution < 1.29 is 30.0 Å². The van der Waals surface area contributed by atoms with E-state index in [2.05, 4.69) is 32.9 Å². The molecule has 166 valence electrons. The zero-order valence-electron chi connectivity index (χ0n) is 17.9. The van der Waals surface area contributed by atoms with Crippen LogP contribution in [-0.2, 0) is 9.53 Å². The first-order chi connectivity index (χ1) is 13.7. The normalized spacial score (nSPS) is 32.2. The van der Waals surface area contributed by atoms with E-state index in [1.165, 1.54) is 0 Å². The van der Waals surface area contributed by atoms with Crippen molar-refractivity contribution in [2.75, 3.05) is 6.61 Å². The maximum atomic E-state index is 10.7. The predicted octanol–water partition coefficient (Wildman–Crippen LogP) is 2.91. The third-order valence-electron chi connectivity index (χ3n) is 6.45. The van der Waals surface area contributed by atoms with Crippen LogP contribution in [0.4, 0.5) is 0 Å². The number of carbonyl (C=O) groups is 1. The highest BCUT2D eigenvalue weighted by molar-refractivity contribution is 5.67. The number of carboxylic acids is 1. The van der Waals surface area contributed by atoms with Gasteiger partial charge in [-0.05, 0) is 42.6 Å². The molecule has 0 aliphatic heterocycles. The van der Waals surface area contributed by atoms with Crippen LogP contribution in [0.5, 0.6) is 0 Å². The van der Waals surface area contributed by atoms with Gasteiger partial charge >= 0.3 is 5.97 Å². The van der Waals surface area contributed by atoms with Gasteiger partial charge in [-0.25, -0.2) is 0 Å². The lowest BCUT2D eigenvalue weighted by molar-refractivity contribution is -0.139. The molecule has 0 aromatic rings. The Morgan fingerprint density at radius 1 is 1.31 bits per heavy atom. The maximum absolute atomic E-state index is 10.7. The van der Waals surface area contributed by atoms with Gasteiger partial charge in [0.2, 0.25) is 0 Å². The molecule has 0 saturated heterocycles. The van der Waals surface area contributed by atoms with Gasteiger partial charge in [-0.15, -0.1) is 0 Å². The van der Waals surface area contributed by atoms with Crippen molar-refractivity contribution in [3.63, 3.8) is 0 Å². The third-order valence-corrected chi connectivity index (χ3v) is 6.45. The Morgan fingerprint density at radius 2 is 2.03 bits per heavy atom. The largest absolute Gasteiger partial charge is 0.481 e. The predicted molar refractivity (Wildman–Crippen MR) is 111 cm³/mol. The van der Waals surface area contributed by atoms with Crippen molar-refractivity contribution in [1.29, 1.82) is 0 Å². The van der Waals surface area contributed by atoms with Crippen LogP contribution in [0.2, 0.25) is 0 Å². The molecular weight excluding hydrogens is 372 g/mol. The number of aliphatic carboxylic acids is 1. The number of hydrogen-bond donors (Lipinski definition) is 4. The SMILES string of the molecule is CC[C@H](C)CO[C@H]1C[C@H](O)C=C2C=C[C@H](C)[C@H](CC[C@@H](O)C[C@@H](O)CC(=O)O)[C@H]21. The summed E-state index contributed by atoms with van der Waals surface area (Å²) in [4.78, 5) is 10.7. The van der Waals surface area contributed by atoms with Gasteiger partial charge in [0, 0.05) is 18.9 Å². The Kier molecular flexibility index (Phi) is 9.34. The molecule has 0 fully saturated rings. The first-order valence-electron chi connectivity index (χ1n) is 11.0. The van der Waals surface area contributed by atoms with Crippen molar-refractivity contribution in [1.82, 2.24) is 0 Å². The van der Waals surface area contributed by atoms with E-state index < -0.39 is 24.3 Å². The summed E-state index contributed by atoms with van der Waals surface area (Å²) >= 11 is 0. The molecule has 0 aromatic carbocycles. The molecule has 8 atom stereocenters. The molecule has 6 heteroatoms. The van der Waals surface area contributed by atoms with Crippen LogP contribution in [0.15, 0.2) is 23.8 Å². The second-order valence-corrected chi connectivity index (χ2v) is 8.98. The second-order valence-electron chi connectivity index (χ2n) is 8.98. The minimum absolute atomic E-state index is 0.0499. The van der Waals surface area contributed by atoms with Gasteiger partial charge in [-0.1, -0.05) is 45.4 Å². The smallest absolute Gasteiger partial charge is 0.305 e. The van der Waals surface area contributed by atoms with Crippen LogP contribution in [-0.4, -0.2) is 57.4 Å². The Labute approximate surface area is 174 Å². The van der Waals surface area contributed by atoms with Gasteiger partial charge in [0.15, 0.2) is 0 Å². The van der Waals surface area contributed by atoms with E-state index in [0.29, 0.717) is 31.3 Å². The second kappa shape index (κ2) is 11.3. The summed E-state index contributed by atoms with van der Waals surface area (Å²) in [6.07, 6.45) is 6.49. The summed E-state index contributed by atoms with van der Waals surface area (Å²) < 4.78 is 6.27. The van der Waals surface area contributed by atoms with E-state index in [9.17, 15) is 20.1 Å². The molecule has 29 heavy (non-hydrogen) atoms. The minimum atomic E-state index is -1.06. The molecule has 0 aromatic heterocycles. The van der Waals surface area contributed by atoms with E-state index in [0.717, 1.165) is 18.4 Å². The van der Waals surface area contributed by atoms with E-state index >= 15 is 0 Å². The lowest BCUT2D eigenvalue weighted by atomic mass is 9.66. The molecule has 2 aliphatic carbocycles. The van der Waals surface area contributed by atoms with Gasteiger partial charge in [-0.2, -0.15) is 0 Å². The van der Waals surface area contributed by atoms with Crippen molar-refractivity contribution >= 4 is 5.97 Å². The van der Waals surface area contributed by atoms with Crippen LogP contribution in [0.1, 0.15) is 59.3 Å².